The smallest absolute Gasteiger partial charge is 0.274 e. The van der Waals surface area contributed by atoms with Crippen molar-refractivity contribution in [2.45, 2.75) is 31.7 Å². The maximum atomic E-state index is 12.3. The molecule has 0 saturated heterocycles. The Balaban J connectivity index is 1.92. The Kier molecular flexibility index (Phi) is 3.86. The number of amides is 1. The first-order valence-corrected chi connectivity index (χ1v) is 7.17. The van der Waals surface area contributed by atoms with Crippen LogP contribution in [0.25, 0.3) is 11.5 Å². The predicted molar refractivity (Wildman–Crippen MR) is 78.3 cm³/mol. The van der Waals surface area contributed by atoms with Crippen LogP contribution in [0.3, 0.4) is 0 Å². The van der Waals surface area contributed by atoms with Crippen LogP contribution in [0, 0.1) is 0 Å². The number of rotatable bonds is 3. The van der Waals surface area contributed by atoms with Gasteiger partial charge in [0.05, 0.1) is 0 Å². The fourth-order valence-corrected chi connectivity index (χ4v) is 2.53. The average molecular weight is 300 g/mol. The normalized spacial score (nSPS) is 14.9. The molecule has 0 bridgehead atoms. The maximum Gasteiger partial charge on any atom is 0.274 e. The van der Waals surface area contributed by atoms with Crippen molar-refractivity contribution in [3.63, 3.8) is 0 Å². The van der Waals surface area contributed by atoms with E-state index in [1.165, 1.54) is 0 Å². The lowest BCUT2D eigenvalue weighted by molar-refractivity contribution is 0.0928. The van der Waals surface area contributed by atoms with Crippen molar-refractivity contribution >= 4 is 5.91 Å². The summed E-state index contributed by atoms with van der Waals surface area (Å²) < 4.78 is 0. The van der Waals surface area contributed by atoms with E-state index in [-0.39, 0.29) is 17.6 Å². The van der Waals surface area contributed by atoms with Gasteiger partial charge in [0, 0.05) is 12.2 Å². The van der Waals surface area contributed by atoms with E-state index in [0.717, 1.165) is 25.7 Å². The number of pyridine rings is 1. The average Bonchev–Trinajstić information content (AvgIpc) is 3.03. The number of carbonyl (C=O) groups excluding carboxylic acids is 1. The van der Waals surface area contributed by atoms with E-state index in [1.54, 1.807) is 24.4 Å². The highest BCUT2D eigenvalue weighted by Crippen LogP contribution is 2.28. The van der Waals surface area contributed by atoms with Gasteiger partial charge in [-0.1, -0.05) is 18.9 Å². The summed E-state index contributed by atoms with van der Waals surface area (Å²) in [7, 11) is 0. The van der Waals surface area contributed by atoms with Crippen molar-refractivity contribution in [2.24, 2.45) is 0 Å². The zero-order valence-corrected chi connectivity index (χ0v) is 11.9. The monoisotopic (exact) mass is 300 g/mol. The SMILES string of the molecule is O=C(NC1CCCC1)c1nc(-c2ccccn2)nc(O)c1O. The lowest BCUT2D eigenvalue weighted by atomic mass is 10.2. The molecule has 0 aliphatic heterocycles. The maximum absolute atomic E-state index is 12.3. The largest absolute Gasteiger partial charge is 0.501 e. The number of hydrogen-bond acceptors (Lipinski definition) is 6. The third-order valence-corrected chi connectivity index (χ3v) is 3.67. The van der Waals surface area contributed by atoms with Crippen LogP contribution < -0.4 is 5.32 Å². The van der Waals surface area contributed by atoms with Gasteiger partial charge in [-0.3, -0.25) is 9.78 Å². The Morgan fingerprint density at radius 2 is 1.95 bits per heavy atom. The van der Waals surface area contributed by atoms with Gasteiger partial charge in [0.1, 0.15) is 5.69 Å². The number of nitrogens with zero attached hydrogens (tertiary/aromatic N) is 3. The summed E-state index contributed by atoms with van der Waals surface area (Å²) >= 11 is 0. The highest BCUT2D eigenvalue weighted by atomic mass is 16.3. The highest BCUT2D eigenvalue weighted by molar-refractivity contribution is 5.96. The first-order chi connectivity index (χ1) is 10.6. The molecule has 7 nitrogen and oxygen atoms in total. The van der Waals surface area contributed by atoms with Crippen LogP contribution in [-0.4, -0.2) is 37.1 Å². The predicted octanol–water partition coefficient (Wildman–Crippen LogP) is 1.62. The van der Waals surface area contributed by atoms with Crippen molar-refractivity contribution in [2.75, 3.05) is 0 Å². The molecule has 1 aliphatic carbocycles. The molecule has 2 aromatic heterocycles. The van der Waals surface area contributed by atoms with Crippen molar-refractivity contribution < 1.29 is 15.0 Å². The molecule has 3 N–H and O–H groups in total. The summed E-state index contributed by atoms with van der Waals surface area (Å²) in [6, 6.07) is 5.22. The molecule has 22 heavy (non-hydrogen) atoms. The summed E-state index contributed by atoms with van der Waals surface area (Å²) in [5, 5.41) is 22.4. The van der Waals surface area contributed by atoms with E-state index < -0.39 is 17.5 Å². The van der Waals surface area contributed by atoms with Crippen LogP contribution >= 0.6 is 0 Å². The van der Waals surface area contributed by atoms with Gasteiger partial charge in [-0.05, 0) is 25.0 Å². The Labute approximate surface area is 127 Å². The van der Waals surface area contributed by atoms with Crippen LogP contribution in [0.4, 0.5) is 0 Å². The third-order valence-electron chi connectivity index (χ3n) is 3.67. The number of aromatic nitrogens is 3. The topological polar surface area (TPSA) is 108 Å². The molecule has 1 saturated carbocycles. The molecule has 1 amide bonds. The second kappa shape index (κ2) is 5.97. The van der Waals surface area contributed by atoms with E-state index in [0.29, 0.717) is 5.69 Å². The molecular formula is C15H16N4O3. The molecule has 1 fully saturated rings. The van der Waals surface area contributed by atoms with Crippen molar-refractivity contribution in [3.05, 3.63) is 30.1 Å². The number of hydrogen-bond donors (Lipinski definition) is 3. The van der Waals surface area contributed by atoms with Crippen LogP contribution in [-0.2, 0) is 0 Å². The molecule has 0 radical (unpaired) electrons. The molecule has 2 heterocycles. The lowest BCUT2D eigenvalue weighted by Crippen LogP contribution is -2.33. The van der Waals surface area contributed by atoms with Crippen LogP contribution in [0.2, 0.25) is 0 Å². The van der Waals surface area contributed by atoms with Crippen LogP contribution in [0.5, 0.6) is 11.6 Å². The standard InChI is InChI=1S/C15H16N4O3/c20-12-11(14(21)17-9-5-1-2-6-9)18-13(19-15(12)22)10-7-3-4-8-16-10/h3-4,7-9,20H,1-2,5-6H2,(H,17,21)(H,18,19,22). The fourth-order valence-electron chi connectivity index (χ4n) is 2.53. The van der Waals surface area contributed by atoms with E-state index in [1.807, 2.05) is 0 Å². The quantitative estimate of drug-likeness (QED) is 0.795. The van der Waals surface area contributed by atoms with Gasteiger partial charge >= 0.3 is 0 Å². The van der Waals surface area contributed by atoms with Gasteiger partial charge in [0.2, 0.25) is 5.75 Å². The Morgan fingerprint density at radius 3 is 2.64 bits per heavy atom. The second-order valence-electron chi connectivity index (χ2n) is 5.24. The van der Waals surface area contributed by atoms with Crippen molar-refractivity contribution in [1.82, 2.24) is 20.3 Å². The number of carbonyl (C=O) groups is 1. The zero-order valence-electron chi connectivity index (χ0n) is 11.9. The van der Waals surface area contributed by atoms with Crippen molar-refractivity contribution in [1.29, 1.82) is 0 Å². The number of nitrogens with one attached hydrogen (secondary N) is 1. The summed E-state index contributed by atoms with van der Waals surface area (Å²) in [4.78, 5) is 24.2. The van der Waals surface area contributed by atoms with Gasteiger partial charge in [0.25, 0.3) is 11.8 Å². The molecule has 7 heteroatoms. The Hall–Kier alpha value is -2.70. The number of aromatic hydroxyl groups is 2. The molecule has 1 aliphatic rings. The summed E-state index contributed by atoms with van der Waals surface area (Å²) in [5.74, 6) is -1.67. The third kappa shape index (κ3) is 2.83. The van der Waals surface area contributed by atoms with Crippen LogP contribution in [0.1, 0.15) is 36.2 Å². The van der Waals surface area contributed by atoms with Gasteiger partial charge in [0.15, 0.2) is 11.5 Å². The van der Waals surface area contributed by atoms with E-state index >= 15 is 0 Å². The highest BCUT2D eigenvalue weighted by Gasteiger charge is 2.24. The van der Waals surface area contributed by atoms with E-state index in [9.17, 15) is 15.0 Å². The minimum absolute atomic E-state index is 0.0855. The fraction of sp³-hybridized carbons (Fsp3) is 0.333. The molecule has 0 unspecified atom stereocenters. The van der Waals surface area contributed by atoms with Crippen molar-refractivity contribution in [3.8, 4) is 23.1 Å². The molecule has 0 atom stereocenters. The second-order valence-corrected chi connectivity index (χ2v) is 5.24. The van der Waals surface area contributed by atoms with Gasteiger partial charge in [-0.2, -0.15) is 4.98 Å². The molecule has 0 spiro atoms. The first-order valence-electron chi connectivity index (χ1n) is 7.17. The first kappa shape index (κ1) is 14.2. The minimum Gasteiger partial charge on any atom is -0.501 e. The minimum atomic E-state index is -0.632. The van der Waals surface area contributed by atoms with Gasteiger partial charge in [-0.15, -0.1) is 0 Å². The Morgan fingerprint density at radius 1 is 1.18 bits per heavy atom. The Bertz CT molecular complexity index is 685. The molecule has 0 aromatic carbocycles. The van der Waals surface area contributed by atoms with E-state index in [4.69, 9.17) is 0 Å². The summed E-state index contributed by atoms with van der Waals surface area (Å²) in [5.41, 5.74) is 0.174. The zero-order chi connectivity index (χ0) is 15.5. The molecule has 114 valence electrons. The lowest BCUT2D eigenvalue weighted by Gasteiger charge is -2.13. The molecule has 3 rings (SSSR count). The molecule has 2 aromatic rings. The summed E-state index contributed by atoms with van der Waals surface area (Å²) in [6.45, 7) is 0. The molecular weight excluding hydrogens is 284 g/mol. The van der Waals surface area contributed by atoms with E-state index in [2.05, 4.69) is 20.3 Å². The summed E-state index contributed by atoms with van der Waals surface area (Å²) in [6.07, 6.45) is 5.53. The van der Waals surface area contributed by atoms with Gasteiger partial charge in [-0.25, -0.2) is 4.98 Å². The van der Waals surface area contributed by atoms with Gasteiger partial charge < -0.3 is 15.5 Å². The van der Waals surface area contributed by atoms with Crippen LogP contribution in [0.15, 0.2) is 24.4 Å².